The number of hydrogen-bond donors (Lipinski definition) is 0. The molecule has 1 aliphatic heterocycles. The summed E-state index contributed by atoms with van der Waals surface area (Å²) < 4.78 is 5.18. The van der Waals surface area contributed by atoms with Crippen molar-refractivity contribution < 1.29 is 14.5 Å². The number of hydrogen-bond acceptors (Lipinski definition) is 5. The Morgan fingerprint density at radius 2 is 1.89 bits per heavy atom. The Labute approximate surface area is 168 Å². The first kappa shape index (κ1) is 20.1. The fourth-order valence-corrected chi connectivity index (χ4v) is 3.48. The molecule has 8 heteroatoms. The molecule has 1 saturated heterocycles. The fraction of sp³-hybridized carbons (Fsp3) is 0.350. The molecule has 0 radical (unpaired) electrons. The first-order chi connectivity index (χ1) is 13.5. The lowest BCUT2D eigenvalue weighted by Gasteiger charge is -2.22. The molecule has 0 atom stereocenters. The molecule has 0 N–H and O–H groups in total. The van der Waals surface area contributed by atoms with Gasteiger partial charge < -0.3 is 9.64 Å². The van der Waals surface area contributed by atoms with Gasteiger partial charge in [-0.15, -0.1) is 0 Å². The van der Waals surface area contributed by atoms with Crippen LogP contribution in [0.5, 0.6) is 5.75 Å². The van der Waals surface area contributed by atoms with Crippen LogP contribution in [0.15, 0.2) is 42.5 Å². The van der Waals surface area contributed by atoms with Crippen molar-refractivity contribution in [3.8, 4) is 5.75 Å². The second-order valence-electron chi connectivity index (χ2n) is 6.69. The van der Waals surface area contributed by atoms with Crippen LogP contribution in [0.4, 0.5) is 5.69 Å². The van der Waals surface area contributed by atoms with Crippen molar-refractivity contribution in [3.63, 3.8) is 0 Å². The predicted octanol–water partition coefficient (Wildman–Crippen LogP) is 3.60. The monoisotopic (exact) mass is 403 g/mol. The predicted molar refractivity (Wildman–Crippen MR) is 107 cm³/mol. The molecule has 0 aliphatic carbocycles. The van der Waals surface area contributed by atoms with Crippen molar-refractivity contribution in [1.29, 1.82) is 0 Å². The van der Waals surface area contributed by atoms with E-state index in [4.69, 9.17) is 16.3 Å². The van der Waals surface area contributed by atoms with Gasteiger partial charge in [0.1, 0.15) is 5.75 Å². The Balaban J connectivity index is 1.65. The van der Waals surface area contributed by atoms with Gasteiger partial charge in [-0.25, -0.2) is 0 Å². The van der Waals surface area contributed by atoms with E-state index >= 15 is 0 Å². The van der Waals surface area contributed by atoms with Crippen LogP contribution in [0.25, 0.3) is 0 Å². The SMILES string of the molecule is COc1ccc(CN2CCCN(C(=O)c3cc([N+](=O)[O-])ccc3Cl)CC2)cc1. The number of nitro benzene ring substituents is 1. The van der Waals surface area contributed by atoms with Crippen LogP contribution >= 0.6 is 11.6 Å². The van der Waals surface area contributed by atoms with Crippen LogP contribution < -0.4 is 4.74 Å². The van der Waals surface area contributed by atoms with Gasteiger partial charge in [0, 0.05) is 44.9 Å². The standard InChI is InChI=1S/C20H22ClN3O4/c1-28-17-6-3-15(4-7-17)14-22-9-2-10-23(12-11-22)20(25)18-13-16(24(26)27)5-8-19(18)21/h3-8,13H,2,9-12,14H2,1H3. The average molecular weight is 404 g/mol. The topological polar surface area (TPSA) is 75.9 Å². The highest BCUT2D eigenvalue weighted by Crippen LogP contribution is 2.24. The van der Waals surface area contributed by atoms with Crippen molar-refractivity contribution >= 4 is 23.2 Å². The molecule has 2 aromatic rings. The molecule has 0 bridgehead atoms. The van der Waals surface area contributed by atoms with Crippen LogP contribution in [-0.2, 0) is 6.54 Å². The molecular weight excluding hydrogens is 382 g/mol. The summed E-state index contributed by atoms with van der Waals surface area (Å²) in [6, 6.07) is 11.9. The van der Waals surface area contributed by atoms with Crippen LogP contribution in [0.2, 0.25) is 5.02 Å². The molecular formula is C20H22ClN3O4. The number of methoxy groups -OCH3 is 1. The molecule has 148 valence electrons. The minimum Gasteiger partial charge on any atom is -0.497 e. The second-order valence-corrected chi connectivity index (χ2v) is 7.10. The van der Waals surface area contributed by atoms with Crippen LogP contribution in [0.1, 0.15) is 22.3 Å². The third-order valence-electron chi connectivity index (χ3n) is 4.83. The number of rotatable bonds is 5. The second kappa shape index (κ2) is 9.03. The van der Waals surface area contributed by atoms with E-state index in [0.717, 1.165) is 31.8 Å². The van der Waals surface area contributed by atoms with E-state index in [1.54, 1.807) is 12.0 Å². The number of nitro groups is 1. The lowest BCUT2D eigenvalue weighted by atomic mass is 10.1. The molecule has 7 nitrogen and oxygen atoms in total. The normalized spacial score (nSPS) is 15.1. The quantitative estimate of drug-likeness (QED) is 0.563. The number of amides is 1. The highest BCUT2D eigenvalue weighted by molar-refractivity contribution is 6.33. The van der Waals surface area contributed by atoms with Gasteiger partial charge in [0.15, 0.2) is 0 Å². The number of ether oxygens (including phenoxy) is 1. The third kappa shape index (κ3) is 4.79. The summed E-state index contributed by atoms with van der Waals surface area (Å²) in [6.07, 6.45) is 0.828. The van der Waals surface area contributed by atoms with Gasteiger partial charge in [-0.3, -0.25) is 19.8 Å². The Bertz CT molecular complexity index is 857. The first-order valence-electron chi connectivity index (χ1n) is 9.06. The third-order valence-corrected chi connectivity index (χ3v) is 5.16. The van der Waals surface area contributed by atoms with Gasteiger partial charge in [-0.05, 0) is 30.2 Å². The molecule has 0 spiro atoms. The molecule has 1 aliphatic rings. The van der Waals surface area contributed by atoms with E-state index in [2.05, 4.69) is 4.90 Å². The summed E-state index contributed by atoms with van der Waals surface area (Å²) in [5.41, 5.74) is 1.23. The summed E-state index contributed by atoms with van der Waals surface area (Å²) in [4.78, 5) is 27.4. The number of benzene rings is 2. The van der Waals surface area contributed by atoms with E-state index in [0.29, 0.717) is 13.1 Å². The smallest absolute Gasteiger partial charge is 0.270 e. The van der Waals surface area contributed by atoms with Gasteiger partial charge in [-0.2, -0.15) is 0 Å². The average Bonchev–Trinajstić information content (AvgIpc) is 2.94. The highest BCUT2D eigenvalue weighted by atomic mass is 35.5. The minimum atomic E-state index is -0.522. The van der Waals surface area contributed by atoms with Gasteiger partial charge in [0.25, 0.3) is 11.6 Å². The Hall–Kier alpha value is -2.64. The number of carbonyl (C=O) groups is 1. The molecule has 1 heterocycles. The molecule has 1 fully saturated rings. The zero-order valence-corrected chi connectivity index (χ0v) is 16.4. The Kier molecular flexibility index (Phi) is 6.49. The van der Waals surface area contributed by atoms with E-state index in [9.17, 15) is 14.9 Å². The molecule has 0 saturated carbocycles. The Morgan fingerprint density at radius 1 is 1.14 bits per heavy atom. The molecule has 3 rings (SSSR count). The molecule has 0 aromatic heterocycles. The lowest BCUT2D eigenvalue weighted by Crippen LogP contribution is -2.35. The number of halogens is 1. The van der Waals surface area contributed by atoms with Gasteiger partial charge in [-0.1, -0.05) is 23.7 Å². The maximum absolute atomic E-state index is 12.9. The van der Waals surface area contributed by atoms with E-state index in [1.165, 1.54) is 23.8 Å². The van der Waals surface area contributed by atoms with Gasteiger partial charge in [0.2, 0.25) is 0 Å². The summed E-state index contributed by atoms with van der Waals surface area (Å²) in [5, 5.41) is 11.2. The summed E-state index contributed by atoms with van der Waals surface area (Å²) in [7, 11) is 1.64. The zero-order valence-electron chi connectivity index (χ0n) is 15.6. The minimum absolute atomic E-state index is 0.135. The molecule has 0 unspecified atom stereocenters. The van der Waals surface area contributed by atoms with Crippen molar-refractivity contribution in [2.45, 2.75) is 13.0 Å². The van der Waals surface area contributed by atoms with Crippen molar-refractivity contribution in [2.24, 2.45) is 0 Å². The summed E-state index contributed by atoms with van der Waals surface area (Å²) in [6.45, 7) is 3.54. The first-order valence-corrected chi connectivity index (χ1v) is 9.44. The van der Waals surface area contributed by atoms with E-state index in [1.807, 2.05) is 24.3 Å². The van der Waals surface area contributed by atoms with Gasteiger partial charge >= 0.3 is 0 Å². The summed E-state index contributed by atoms with van der Waals surface area (Å²) in [5.74, 6) is 0.560. The van der Waals surface area contributed by atoms with Crippen LogP contribution in [0.3, 0.4) is 0 Å². The molecule has 2 aromatic carbocycles. The highest BCUT2D eigenvalue weighted by Gasteiger charge is 2.24. The van der Waals surface area contributed by atoms with Crippen LogP contribution in [-0.4, -0.2) is 53.9 Å². The zero-order chi connectivity index (χ0) is 20.1. The molecule has 1 amide bonds. The fourth-order valence-electron chi connectivity index (χ4n) is 3.28. The molecule has 28 heavy (non-hydrogen) atoms. The largest absolute Gasteiger partial charge is 0.497 e. The Morgan fingerprint density at radius 3 is 2.57 bits per heavy atom. The van der Waals surface area contributed by atoms with Gasteiger partial charge in [0.05, 0.1) is 22.6 Å². The number of carbonyl (C=O) groups excluding carboxylic acids is 1. The lowest BCUT2D eigenvalue weighted by molar-refractivity contribution is -0.384. The maximum Gasteiger partial charge on any atom is 0.270 e. The summed E-state index contributed by atoms with van der Waals surface area (Å²) >= 11 is 6.13. The number of non-ortho nitro benzene ring substituents is 1. The number of nitrogens with zero attached hydrogens (tertiary/aromatic N) is 3. The van der Waals surface area contributed by atoms with Crippen molar-refractivity contribution in [2.75, 3.05) is 33.3 Å². The van der Waals surface area contributed by atoms with E-state index in [-0.39, 0.29) is 22.2 Å². The van der Waals surface area contributed by atoms with E-state index < -0.39 is 4.92 Å². The van der Waals surface area contributed by atoms with Crippen molar-refractivity contribution in [1.82, 2.24) is 9.80 Å². The van der Waals surface area contributed by atoms with Crippen LogP contribution in [0, 0.1) is 10.1 Å². The maximum atomic E-state index is 12.9. The van der Waals surface area contributed by atoms with Crippen molar-refractivity contribution in [3.05, 3.63) is 68.7 Å².